The van der Waals surface area contributed by atoms with E-state index in [-0.39, 0.29) is 18.9 Å². The molecule has 1 amide bonds. The van der Waals surface area contributed by atoms with E-state index < -0.39 is 5.97 Å². The van der Waals surface area contributed by atoms with E-state index in [0.29, 0.717) is 29.4 Å². The third-order valence-corrected chi connectivity index (χ3v) is 2.98. The number of carbonyl (C=O) groups excluding carboxylic acids is 2. The Balaban J connectivity index is 1.88. The maximum Gasteiger partial charge on any atom is 0.340 e. The summed E-state index contributed by atoms with van der Waals surface area (Å²) in [5.41, 5.74) is 0.774. The Morgan fingerprint density at radius 3 is 2.78 bits per heavy atom. The molecule has 7 nitrogen and oxygen atoms in total. The molecule has 0 aliphatic heterocycles. The zero-order chi connectivity index (χ0) is 16.7. The zero-order valence-electron chi connectivity index (χ0n) is 13.1. The second kappa shape index (κ2) is 7.98. The highest BCUT2D eigenvalue weighted by Crippen LogP contribution is 2.16. The first-order chi connectivity index (χ1) is 11.1. The molecule has 1 aromatic carbocycles. The Kier molecular flexibility index (Phi) is 5.74. The van der Waals surface area contributed by atoms with Gasteiger partial charge in [0.1, 0.15) is 5.76 Å². The van der Waals surface area contributed by atoms with E-state index in [1.54, 1.807) is 44.2 Å². The number of aryl methyl sites for hydroxylation is 1. The first-order valence-corrected chi connectivity index (χ1v) is 7.33. The second-order valence-corrected chi connectivity index (χ2v) is 4.81. The summed E-state index contributed by atoms with van der Waals surface area (Å²) in [4.78, 5) is 23.8. The van der Waals surface area contributed by atoms with Gasteiger partial charge in [-0.2, -0.15) is 0 Å². The van der Waals surface area contributed by atoms with Gasteiger partial charge < -0.3 is 19.9 Å². The third-order valence-electron chi connectivity index (χ3n) is 2.98. The fourth-order valence-corrected chi connectivity index (χ4v) is 1.95. The first-order valence-electron chi connectivity index (χ1n) is 7.33. The smallest absolute Gasteiger partial charge is 0.340 e. The largest absolute Gasteiger partial charge is 0.462 e. The first kappa shape index (κ1) is 16.5. The lowest BCUT2D eigenvalue weighted by molar-refractivity contribution is -0.115. The molecule has 0 spiro atoms. The summed E-state index contributed by atoms with van der Waals surface area (Å²) in [7, 11) is 0. The van der Waals surface area contributed by atoms with Gasteiger partial charge in [-0.25, -0.2) is 4.79 Å². The minimum atomic E-state index is -0.459. The van der Waals surface area contributed by atoms with Gasteiger partial charge in [-0.1, -0.05) is 17.3 Å². The zero-order valence-corrected chi connectivity index (χ0v) is 13.1. The molecule has 0 unspecified atom stereocenters. The van der Waals surface area contributed by atoms with Crippen LogP contribution in [0.1, 0.15) is 29.5 Å². The summed E-state index contributed by atoms with van der Waals surface area (Å²) in [6, 6.07) is 8.49. The predicted octanol–water partition coefficient (Wildman–Crippen LogP) is 2.60. The molecule has 2 aromatic rings. The van der Waals surface area contributed by atoms with Gasteiger partial charge in [0.05, 0.1) is 17.9 Å². The van der Waals surface area contributed by atoms with E-state index in [0.717, 1.165) is 0 Å². The number of anilines is 2. The van der Waals surface area contributed by atoms with Crippen molar-refractivity contribution < 1.29 is 18.8 Å². The van der Waals surface area contributed by atoms with Crippen molar-refractivity contribution in [3.63, 3.8) is 0 Å². The number of carbonyl (C=O) groups is 2. The van der Waals surface area contributed by atoms with Crippen molar-refractivity contribution in [2.75, 3.05) is 23.8 Å². The Labute approximate surface area is 134 Å². The van der Waals surface area contributed by atoms with Crippen molar-refractivity contribution in [1.82, 2.24) is 5.16 Å². The van der Waals surface area contributed by atoms with Crippen LogP contribution < -0.4 is 10.6 Å². The normalized spacial score (nSPS) is 10.2. The average Bonchev–Trinajstić information content (AvgIpc) is 2.93. The fraction of sp³-hybridized carbons (Fsp3) is 0.312. The van der Waals surface area contributed by atoms with Gasteiger partial charge >= 0.3 is 5.97 Å². The van der Waals surface area contributed by atoms with Gasteiger partial charge in [-0.15, -0.1) is 0 Å². The summed E-state index contributed by atoms with van der Waals surface area (Å²) < 4.78 is 9.89. The molecule has 0 atom stereocenters. The molecule has 1 heterocycles. The number of aromatic nitrogens is 1. The number of amides is 1. The molecular weight excluding hydrogens is 298 g/mol. The van der Waals surface area contributed by atoms with Crippen LogP contribution in [0.15, 0.2) is 34.9 Å². The summed E-state index contributed by atoms with van der Waals surface area (Å²) in [6.45, 7) is 4.20. The average molecular weight is 317 g/mol. The van der Waals surface area contributed by atoms with Crippen LogP contribution in [0.2, 0.25) is 0 Å². The quantitative estimate of drug-likeness (QED) is 0.762. The van der Waals surface area contributed by atoms with E-state index in [2.05, 4.69) is 15.8 Å². The van der Waals surface area contributed by atoms with Gasteiger partial charge in [-0.3, -0.25) is 4.79 Å². The Morgan fingerprint density at radius 2 is 2.09 bits per heavy atom. The highest BCUT2D eigenvalue weighted by molar-refractivity contribution is 6.01. The van der Waals surface area contributed by atoms with E-state index in [4.69, 9.17) is 9.26 Å². The van der Waals surface area contributed by atoms with Crippen LogP contribution >= 0.6 is 0 Å². The number of esters is 1. The Morgan fingerprint density at radius 1 is 1.30 bits per heavy atom. The molecule has 0 radical (unpaired) electrons. The number of para-hydroxylation sites is 1. The van der Waals surface area contributed by atoms with Crippen LogP contribution in [-0.2, 0) is 9.53 Å². The SMILES string of the molecule is CCOC(=O)c1ccccc1NC(=O)CCNc1cc(C)on1. The molecule has 0 saturated heterocycles. The van der Waals surface area contributed by atoms with Crippen LogP contribution in [0.5, 0.6) is 0 Å². The lowest BCUT2D eigenvalue weighted by Gasteiger charge is -2.10. The van der Waals surface area contributed by atoms with E-state index in [1.807, 2.05) is 0 Å². The van der Waals surface area contributed by atoms with E-state index in [9.17, 15) is 9.59 Å². The van der Waals surface area contributed by atoms with Crippen molar-refractivity contribution >= 4 is 23.4 Å². The Bertz CT molecular complexity index is 681. The van der Waals surface area contributed by atoms with Crippen molar-refractivity contribution in [2.45, 2.75) is 20.3 Å². The van der Waals surface area contributed by atoms with Crippen molar-refractivity contribution in [2.24, 2.45) is 0 Å². The Hall–Kier alpha value is -2.83. The molecule has 0 aliphatic carbocycles. The molecule has 0 fully saturated rings. The van der Waals surface area contributed by atoms with Gasteiger partial charge in [0, 0.05) is 19.0 Å². The minimum Gasteiger partial charge on any atom is -0.462 e. The van der Waals surface area contributed by atoms with Crippen LogP contribution in [-0.4, -0.2) is 30.2 Å². The van der Waals surface area contributed by atoms with Crippen LogP contribution in [0.25, 0.3) is 0 Å². The number of hydrogen-bond acceptors (Lipinski definition) is 6. The summed E-state index contributed by atoms with van der Waals surface area (Å²) in [6.07, 6.45) is 0.225. The van der Waals surface area contributed by atoms with Crippen molar-refractivity contribution in [3.8, 4) is 0 Å². The third kappa shape index (κ3) is 4.84. The lowest BCUT2D eigenvalue weighted by Crippen LogP contribution is -2.18. The second-order valence-electron chi connectivity index (χ2n) is 4.81. The molecule has 0 aliphatic rings. The monoisotopic (exact) mass is 317 g/mol. The standard InChI is InChI=1S/C16H19N3O4/c1-3-22-16(21)12-6-4-5-7-13(12)18-15(20)8-9-17-14-10-11(2)23-19-14/h4-7,10H,3,8-9H2,1-2H3,(H,17,19)(H,18,20). The van der Waals surface area contributed by atoms with Crippen LogP contribution in [0.4, 0.5) is 11.5 Å². The number of ether oxygens (including phenoxy) is 1. The molecule has 122 valence electrons. The van der Waals surface area contributed by atoms with Crippen molar-refractivity contribution in [1.29, 1.82) is 0 Å². The molecule has 7 heteroatoms. The number of benzene rings is 1. The van der Waals surface area contributed by atoms with Crippen LogP contribution in [0.3, 0.4) is 0 Å². The number of nitrogens with one attached hydrogen (secondary N) is 2. The van der Waals surface area contributed by atoms with Gasteiger partial charge in [0.2, 0.25) is 5.91 Å². The molecular formula is C16H19N3O4. The van der Waals surface area contributed by atoms with Crippen molar-refractivity contribution in [3.05, 3.63) is 41.7 Å². The highest BCUT2D eigenvalue weighted by Gasteiger charge is 2.13. The number of nitrogens with zero attached hydrogens (tertiary/aromatic N) is 1. The molecule has 23 heavy (non-hydrogen) atoms. The van der Waals surface area contributed by atoms with Gasteiger partial charge in [0.25, 0.3) is 0 Å². The molecule has 2 N–H and O–H groups in total. The summed E-state index contributed by atoms with van der Waals surface area (Å²) >= 11 is 0. The van der Waals surface area contributed by atoms with Gasteiger partial charge in [0.15, 0.2) is 5.82 Å². The lowest BCUT2D eigenvalue weighted by atomic mass is 10.1. The summed E-state index contributed by atoms with van der Waals surface area (Å²) in [5.74, 6) is 0.608. The van der Waals surface area contributed by atoms with Gasteiger partial charge in [-0.05, 0) is 26.0 Å². The maximum absolute atomic E-state index is 12.0. The number of hydrogen-bond donors (Lipinski definition) is 2. The maximum atomic E-state index is 12.0. The molecule has 0 saturated carbocycles. The minimum absolute atomic E-state index is 0.213. The predicted molar refractivity (Wildman–Crippen MR) is 85.4 cm³/mol. The van der Waals surface area contributed by atoms with Crippen LogP contribution in [0, 0.1) is 6.92 Å². The van der Waals surface area contributed by atoms with E-state index in [1.165, 1.54) is 0 Å². The highest BCUT2D eigenvalue weighted by atomic mass is 16.5. The fourth-order valence-electron chi connectivity index (χ4n) is 1.95. The van der Waals surface area contributed by atoms with E-state index >= 15 is 0 Å². The molecule has 1 aromatic heterocycles. The number of rotatable bonds is 7. The topological polar surface area (TPSA) is 93.5 Å². The summed E-state index contributed by atoms with van der Waals surface area (Å²) in [5, 5.41) is 9.48. The molecule has 2 rings (SSSR count). The molecule has 0 bridgehead atoms.